The first-order chi connectivity index (χ1) is 10.4. The van der Waals surface area contributed by atoms with Gasteiger partial charge in [-0.25, -0.2) is 0 Å². The molecule has 0 unspecified atom stereocenters. The number of benzene rings is 2. The number of methoxy groups -OCH3 is 1. The van der Waals surface area contributed by atoms with E-state index in [0.29, 0.717) is 19.8 Å². The van der Waals surface area contributed by atoms with Crippen molar-refractivity contribution in [2.75, 3.05) is 38.8 Å². The Kier molecular flexibility index (Phi) is 6.58. The van der Waals surface area contributed by atoms with Gasteiger partial charge >= 0.3 is 0 Å². The van der Waals surface area contributed by atoms with Crippen LogP contribution in [0.25, 0.3) is 0 Å². The lowest BCUT2D eigenvalue weighted by Gasteiger charge is -2.09. The first kappa shape index (κ1) is 15.4. The zero-order valence-corrected chi connectivity index (χ0v) is 12.2. The van der Waals surface area contributed by atoms with Gasteiger partial charge in [0.15, 0.2) is 0 Å². The van der Waals surface area contributed by atoms with Crippen molar-refractivity contribution in [3.63, 3.8) is 0 Å². The summed E-state index contributed by atoms with van der Waals surface area (Å²) in [6, 6.07) is 17.6. The standard InChI is InChI=1S/C17H21NO3/c1-19-13-14-20-12-11-18-15-7-9-17(10-8-15)21-16-5-3-2-4-6-16/h2-10,18H,11-14H2,1H3. The van der Waals surface area contributed by atoms with Crippen LogP contribution in [-0.4, -0.2) is 33.5 Å². The molecule has 0 aliphatic carbocycles. The Balaban J connectivity index is 1.72. The quantitative estimate of drug-likeness (QED) is 0.716. The Bertz CT molecular complexity index is 499. The Morgan fingerprint density at radius 3 is 2.24 bits per heavy atom. The lowest BCUT2D eigenvalue weighted by Crippen LogP contribution is -2.11. The molecule has 0 radical (unpaired) electrons. The predicted molar refractivity (Wildman–Crippen MR) is 84.1 cm³/mol. The van der Waals surface area contributed by atoms with Crippen molar-refractivity contribution in [2.45, 2.75) is 0 Å². The molecule has 0 fully saturated rings. The molecule has 21 heavy (non-hydrogen) atoms. The Labute approximate surface area is 125 Å². The highest BCUT2D eigenvalue weighted by Gasteiger charge is 1.97. The van der Waals surface area contributed by atoms with Crippen LogP contribution in [0.2, 0.25) is 0 Å². The molecule has 1 N–H and O–H groups in total. The van der Waals surface area contributed by atoms with E-state index < -0.39 is 0 Å². The zero-order chi connectivity index (χ0) is 14.8. The first-order valence-electron chi connectivity index (χ1n) is 7.02. The van der Waals surface area contributed by atoms with Gasteiger partial charge in [-0.15, -0.1) is 0 Å². The molecule has 0 aliphatic rings. The summed E-state index contributed by atoms with van der Waals surface area (Å²) >= 11 is 0. The van der Waals surface area contributed by atoms with Crippen LogP contribution in [0.5, 0.6) is 11.5 Å². The van der Waals surface area contributed by atoms with Crippen LogP contribution in [0.4, 0.5) is 5.69 Å². The molecule has 0 amide bonds. The molecule has 0 aliphatic heterocycles. The average Bonchev–Trinajstić information content (AvgIpc) is 2.53. The van der Waals surface area contributed by atoms with Gasteiger partial charge < -0.3 is 19.5 Å². The Morgan fingerprint density at radius 1 is 0.810 bits per heavy atom. The maximum Gasteiger partial charge on any atom is 0.127 e. The molecule has 0 spiro atoms. The summed E-state index contributed by atoms with van der Waals surface area (Å²) < 4.78 is 16.0. The zero-order valence-electron chi connectivity index (χ0n) is 12.2. The summed E-state index contributed by atoms with van der Waals surface area (Å²) in [5, 5.41) is 3.29. The third-order valence-corrected chi connectivity index (χ3v) is 2.84. The third-order valence-electron chi connectivity index (χ3n) is 2.84. The van der Waals surface area contributed by atoms with Gasteiger partial charge in [-0.1, -0.05) is 18.2 Å². The van der Waals surface area contributed by atoms with E-state index in [1.807, 2.05) is 54.6 Å². The fourth-order valence-electron chi connectivity index (χ4n) is 1.78. The number of hydrogen-bond donors (Lipinski definition) is 1. The van der Waals surface area contributed by atoms with Crippen LogP contribution < -0.4 is 10.1 Å². The summed E-state index contributed by atoms with van der Waals surface area (Å²) in [4.78, 5) is 0. The number of rotatable bonds is 9. The number of ether oxygens (including phenoxy) is 3. The minimum Gasteiger partial charge on any atom is -0.457 e. The fourth-order valence-corrected chi connectivity index (χ4v) is 1.78. The smallest absolute Gasteiger partial charge is 0.127 e. The molecule has 2 aromatic carbocycles. The molecular formula is C17H21NO3. The lowest BCUT2D eigenvalue weighted by atomic mass is 10.3. The predicted octanol–water partition coefficient (Wildman–Crippen LogP) is 3.55. The van der Waals surface area contributed by atoms with Gasteiger partial charge in [-0.3, -0.25) is 0 Å². The van der Waals surface area contributed by atoms with Crippen LogP contribution in [-0.2, 0) is 9.47 Å². The van der Waals surface area contributed by atoms with Crippen LogP contribution in [0.15, 0.2) is 54.6 Å². The van der Waals surface area contributed by atoms with Gasteiger partial charge in [-0.05, 0) is 36.4 Å². The Hall–Kier alpha value is -2.04. The molecular weight excluding hydrogens is 266 g/mol. The second-order valence-corrected chi connectivity index (χ2v) is 4.47. The van der Waals surface area contributed by atoms with Crippen LogP contribution in [0, 0.1) is 0 Å². The highest BCUT2D eigenvalue weighted by Crippen LogP contribution is 2.22. The second-order valence-electron chi connectivity index (χ2n) is 4.47. The minimum absolute atomic E-state index is 0.627. The van der Waals surface area contributed by atoms with Gasteiger partial charge in [0.2, 0.25) is 0 Å². The van der Waals surface area contributed by atoms with E-state index in [9.17, 15) is 0 Å². The SMILES string of the molecule is COCCOCCNc1ccc(Oc2ccccc2)cc1. The van der Waals surface area contributed by atoms with Crippen molar-refractivity contribution in [2.24, 2.45) is 0 Å². The van der Waals surface area contributed by atoms with Crippen LogP contribution in [0.1, 0.15) is 0 Å². The molecule has 0 saturated carbocycles. The van der Waals surface area contributed by atoms with Crippen molar-refractivity contribution in [1.82, 2.24) is 0 Å². The Morgan fingerprint density at radius 2 is 1.52 bits per heavy atom. The van der Waals surface area contributed by atoms with Gasteiger partial charge in [0, 0.05) is 19.3 Å². The van der Waals surface area contributed by atoms with Crippen molar-refractivity contribution in [1.29, 1.82) is 0 Å². The normalized spacial score (nSPS) is 10.3. The van der Waals surface area contributed by atoms with E-state index in [4.69, 9.17) is 14.2 Å². The molecule has 112 valence electrons. The first-order valence-corrected chi connectivity index (χ1v) is 7.02. The number of hydrogen-bond acceptors (Lipinski definition) is 4. The van der Waals surface area contributed by atoms with Crippen molar-refractivity contribution < 1.29 is 14.2 Å². The largest absolute Gasteiger partial charge is 0.457 e. The van der Waals surface area contributed by atoms with Crippen LogP contribution in [0.3, 0.4) is 0 Å². The lowest BCUT2D eigenvalue weighted by molar-refractivity contribution is 0.0759. The highest BCUT2D eigenvalue weighted by atomic mass is 16.5. The van der Waals surface area contributed by atoms with Crippen LogP contribution >= 0.6 is 0 Å². The summed E-state index contributed by atoms with van der Waals surface area (Å²) in [5.74, 6) is 1.66. The van der Waals surface area contributed by atoms with Crippen molar-refractivity contribution in [3.8, 4) is 11.5 Å². The third kappa shape index (κ3) is 5.85. The van der Waals surface area contributed by atoms with E-state index in [1.165, 1.54) is 0 Å². The molecule has 0 heterocycles. The average molecular weight is 287 g/mol. The molecule has 0 bridgehead atoms. The summed E-state index contributed by atoms with van der Waals surface area (Å²) in [7, 11) is 1.67. The summed E-state index contributed by atoms with van der Waals surface area (Å²) in [6.45, 7) is 2.68. The molecule has 4 nitrogen and oxygen atoms in total. The van der Waals surface area contributed by atoms with E-state index in [-0.39, 0.29) is 0 Å². The van der Waals surface area contributed by atoms with Gasteiger partial charge in [0.05, 0.1) is 19.8 Å². The summed E-state index contributed by atoms with van der Waals surface area (Å²) in [5.41, 5.74) is 1.05. The van der Waals surface area contributed by atoms with E-state index in [2.05, 4.69) is 5.32 Å². The van der Waals surface area contributed by atoms with Crippen molar-refractivity contribution in [3.05, 3.63) is 54.6 Å². The molecule has 4 heteroatoms. The van der Waals surface area contributed by atoms with Gasteiger partial charge in [0.1, 0.15) is 11.5 Å². The molecule has 0 atom stereocenters. The molecule has 2 aromatic rings. The number of para-hydroxylation sites is 1. The maximum absolute atomic E-state index is 5.74. The highest BCUT2D eigenvalue weighted by molar-refractivity contribution is 5.47. The fraction of sp³-hybridized carbons (Fsp3) is 0.294. The number of nitrogens with one attached hydrogen (secondary N) is 1. The molecule has 0 saturated heterocycles. The van der Waals surface area contributed by atoms with E-state index in [1.54, 1.807) is 7.11 Å². The van der Waals surface area contributed by atoms with Gasteiger partial charge in [0.25, 0.3) is 0 Å². The monoisotopic (exact) mass is 287 g/mol. The summed E-state index contributed by atoms with van der Waals surface area (Å²) in [6.07, 6.45) is 0. The molecule has 0 aromatic heterocycles. The second kappa shape index (κ2) is 9.00. The van der Waals surface area contributed by atoms with E-state index in [0.717, 1.165) is 23.7 Å². The maximum atomic E-state index is 5.74. The number of anilines is 1. The van der Waals surface area contributed by atoms with E-state index >= 15 is 0 Å². The minimum atomic E-state index is 0.627. The molecule has 2 rings (SSSR count). The van der Waals surface area contributed by atoms with Gasteiger partial charge in [-0.2, -0.15) is 0 Å². The topological polar surface area (TPSA) is 39.7 Å². The van der Waals surface area contributed by atoms with Crippen molar-refractivity contribution >= 4 is 5.69 Å².